The second kappa shape index (κ2) is 9.74. The average molecular weight is 461 g/mol. The number of aromatic nitrogens is 2. The van der Waals surface area contributed by atoms with Crippen molar-refractivity contribution in [2.24, 2.45) is 0 Å². The molecule has 4 rings (SSSR count). The fourth-order valence-electron chi connectivity index (χ4n) is 3.96. The highest BCUT2D eigenvalue weighted by Crippen LogP contribution is 2.27. The van der Waals surface area contributed by atoms with Crippen LogP contribution in [0, 0.1) is 5.82 Å². The Hall–Kier alpha value is -4.20. The summed E-state index contributed by atoms with van der Waals surface area (Å²) in [5.41, 5.74) is 0.661. The Bertz CT molecular complexity index is 1400. The topological polar surface area (TPSA) is 76.5 Å². The first kappa shape index (κ1) is 23.0. The number of nitrogens with zero attached hydrogens (tertiary/aromatic N) is 3. The summed E-state index contributed by atoms with van der Waals surface area (Å²) in [7, 11) is 1.53. The van der Waals surface area contributed by atoms with Gasteiger partial charge in [-0.2, -0.15) is 0 Å². The molecule has 0 saturated heterocycles. The van der Waals surface area contributed by atoms with Crippen molar-refractivity contribution >= 4 is 22.6 Å². The van der Waals surface area contributed by atoms with Crippen LogP contribution in [0.2, 0.25) is 0 Å². The Morgan fingerprint density at radius 1 is 1.09 bits per heavy atom. The molecule has 3 aromatic carbocycles. The van der Waals surface area contributed by atoms with Gasteiger partial charge in [0.1, 0.15) is 17.4 Å². The molecule has 7 nitrogen and oxygen atoms in total. The third-order valence-corrected chi connectivity index (χ3v) is 5.69. The summed E-state index contributed by atoms with van der Waals surface area (Å²) in [5, 5.41) is 3.22. The van der Waals surface area contributed by atoms with Crippen molar-refractivity contribution < 1.29 is 13.9 Å². The molecule has 0 spiro atoms. The van der Waals surface area contributed by atoms with E-state index in [0.29, 0.717) is 28.9 Å². The molecule has 0 aliphatic rings. The van der Waals surface area contributed by atoms with E-state index in [-0.39, 0.29) is 11.5 Å². The summed E-state index contributed by atoms with van der Waals surface area (Å²) in [6.07, 6.45) is 0. The van der Waals surface area contributed by atoms with Gasteiger partial charge in [0.25, 0.3) is 5.56 Å². The van der Waals surface area contributed by atoms with Crippen LogP contribution in [0.4, 0.5) is 14.9 Å². The number of carbonyl (C=O) groups is 1. The van der Waals surface area contributed by atoms with Crippen LogP contribution in [0.3, 0.4) is 0 Å². The first-order valence-electron chi connectivity index (χ1n) is 10.9. The zero-order valence-electron chi connectivity index (χ0n) is 19.2. The van der Waals surface area contributed by atoms with Gasteiger partial charge in [0.2, 0.25) is 0 Å². The minimum Gasteiger partial charge on any atom is -0.495 e. The van der Waals surface area contributed by atoms with Crippen LogP contribution >= 0.6 is 0 Å². The van der Waals surface area contributed by atoms with Crippen LogP contribution in [0.5, 0.6) is 5.75 Å². The molecule has 1 atom stereocenters. The van der Waals surface area contributed by atoms with Gasteiger partial charge in [0.05, 0.1) is 35.4 Å². The minimum atomic E-state index is -0.656. The second-order valence-electron chi connectivity index (χ2n) is 7.67. The number of hydrogen-bond acceptors (Lipinski definition) is 4. The number of fused-ring (bicyclic) bond motifs is 1. The molecule has 0 saturated carbocycles. The van der Waals surface area contributed by atoms with E-state index < -0.39 is 23.4 Å². The molecule has 174 valence electrons. The number of hydrogen-bond donors (Lipinski definition) is 1. The molecule has 0 aliphatic heterocycles. The number of amides is 2. The van der Waals surface area contributed by atoms with Crippen molar-refractivity contribution in [1.82, 2.24) is 14.5 Å². The van der Waals surface area contributed by atoms with E-state index in [2.05, 4.69) is 5.32 Å². The first-order valence-corrected chi connectivity index (χ1v) is 10.9. The van der Waals surface area contributed by atoms with Gasteiger partial charge in [-0.3, -0.25) is 9.36 Å². The monoisotopic (exact) mass is 460 g/mol. The highest BCUT2D eigenvalue weighted by Gasteiger charge is 2.27. The number of benzene rings is 3. The third-order valence-electron chi connectivity index (χ3n) is 5.69. The van der Waals surface area contributed by atoms with Gasteiger partial charge in [0.15, 0.2) is 0 Å². The first-order chi connectivity index (χ1) is 16.5. The Morgan fingerprint density at radius 3 is 2.50 bits per heavy atom. The molecule has 2 amide bonds. The Balaban J connectivity index is 1.83. The van der Waals surface area contributed by atoms with Gasteiger partial charge in [-0.1, -0.05) is 36.4 Å². The van der Waals surface area contributed by atoms with E-state index in [0.717, 1.165) is 0 Å². The van der Waals surface area contributed by atoms with Crippen LogP contribution in [-0.2, 0) is 0 Å². The van der Waals surface area contributed by atoms with Crippen LogP contribution < -0.4 is 15.6 Å². The number of nitrogens with one attached hydrogen (secondary N) is 1. The van der Waals surface area contributed by atoms with Crippen molar-refractivity contribution in [3.05, 3.63) is 94.8 Å². The molecule has 0 radical (unpaired) electrons. The second-order valence-corrected chi connectivity index (χ2v) is 7.67. The van der Waals surface area contributed by atoms with Gasteiger partial charge in [0, 0.05) is 6.54 Å². The van der Waals surface area contributed by atoms with Gasteiger partial charge >= 0.3 is 6.03 Å². The van der Waals surface area contributed by atoms with Gasteiger partial charge in [-0.05, 0) is 50.2 Å². The van der Waals surface area contributed by atoms with Crippen LogP contribution in [0.1, 0.15) is 25.7 Å². The Labute approximate surface area is 196 Å². The average Bonchev–Trinajstić information content (AvgIpc) is 2.85. The molecule has 0 fully saturated rings. The van der Waals surface area contributed by atoms with Crippen molar-refractivity contribution in [2.75, 3.05) is 19.0 Å². The lowest BCUT2D eigenvalue weighted by Gasteiger charge is -2.30. The molecule has 0 aliphatic carbocycles. The number of urea groups is 1. The quantitative estimate of drug-likeness (QED) is 0.432. The fraction of sp³-hybridized carbons (Fsp3) is 0.192. The summed E-state index contributed by atoms with van der Waals surface area (Å²) in [6, 6.07) is 18.9. The number of rotatable bonds is 6. The number of ether oxygens (including phenoxy) is 1. The Morgan fingerprint density at radius 2 is 1.76 bits per heavy atom. The van der Waals surface area contributed by atoms with Crippen LogP contribution in [-0.4, -0.2) is 34.1 Å². The summed E-state index contributed by atoms with van der Waals surface area (Å²) in [4.78, 5) is 33.0. The lowest BCUT2D eigenvalue weighted by molar-refractivity contribution is 0.193. The van der Waals surface area contributed by atoms with E-state index in [4.69, 9.17) is 9.72 Å². The number of anilines is 1. The molecule has 1 aromatic heterocycles. The maximum atomic E-state index is 14.8. The van der Waals surface area contributed by atoms with Crippen LogP contribution in [0.15, 0.2) is 77.6 Å². The minimum absolute atomic E-state index is 0.0776. The highest BCUT2D eigenvalue weighted by molar-refractivity contribution is 5.91. The number of halogens is 1. The largest absolute Gasteiger partial charge is 0.495 e. The van der Waals surface area contributed by atoms with E-state index in [9.17, 15) is 14.0 Å². The molecule has 1 unspecified atom stereocenters. The van der Waals surface area contributed by atoms with Crippen molar-refractivity contribution in [2.45, 2.75) is 19.9 Å². The fourth-order valence-corrected chi connectivity index (χ4v) is 3.96. The van der Waals surface area contributed by atoms with Gasteiger partial charge in [-0.15, -0.1) is 0 Å². The van der Waals surface area contributed by atoms with E-state index in [1.807, 2.05) is 6.92 Å². The Kier molecular flexibility index (Phi) is 6.58. The van der Waals surface area contributed by atoms with E-state index in [1.54, 1.807) is 67.6 Å². The summed E-state index contributed by atoms with van der Waals surface area (Å²) in [5.74, 6) is 0.217. The highest BCUT2D eigenvalue weighted by atomic mass is 19.1. The number of carbonyl (C=O) groups excluding carboxylic acids is 1. The maximum Gasteiger partial charge on any atom is 0.322 e. The summed E-state index contributed by atoms with van der Waals surface area (Å²) >= 11 is 0. The maximum absolute atomic E-state index is 14.8. The standard InChI is InChI=1S/C26H25FN4O3/c1-4-30(26(33)29-21-14-8-10-16-23(21)34-3)17(2)24-28-20-13-7-5-11-18(20)25(32)31(24)22-15-9-6-12-19(22)27/h5-17H,4H2,1-3H3,(H,29,33). The zero-order chi connectivity index (χ0) is 24.2. The van der Waals surface area contributed by atoms with Crippen molar-refractivity contribution in [3.63, 3.8) is 0 Å². The molecule has 1 N–H and O–H groups in total. The number of methoxy groups -OCH3 is 1. The summed E-state index contributed by atoms with van der Waals surface area (Å²) < 4.78 is 21.4. The zero-order valence-corrected chi connectivity index (χ0v) is 19.2. The predicted molar refractivity (Wildman–Crippen MR) is 130 cm³/mol. The third kappa shape index (κ3) is 4.22. The van der Waals surface area contributed by atoms with E-state index in [1.165, 1.54) is 28.7 Å². The van der Waals surface area contributed by atoms with E-state index >= 15 is 0 Å². The summed E-state index contributed by atoms with van der Waals surface area (Å²) in [6.45, 7) is 3.91. The molecule has 4 aromatic rings. The molecule has 0 bridgehead atoms. The van der Waals surface area contributed by atoms with Crippen molar-refractivity contribution in [3.8, 4) is 11.4 Å². The molecule has 8 heteroatoms. The molecular weight excluding hydrogens is 435 g/mol. The molecule has 34 heavy (non-hydrogen) atoms. The SMILES string of the molecule is CCN(C(=O)Nc1ccccc1OC)C(C)c1nc2ccccc2c(=O)n1-c1ccccc1F. The smallest absolute Gasteiger partial charge is 0.322 e. The molecular formula is C26H25FN4O3. The van der Waals surface area contributed by atoms with Crippen LogP contribution in [0.25, 0.3) is 16.6 Å². The van der Waals surface area contributed by atoms with Crippen molar-refractivity contribution in [1.29, 1.82) is 0 Å². The number of para-hydroxylation sites is 4. The normalized spacial score (nSPS) is 11.8. The predicted octanol–water partition coefficient (Wildman–Crippen LogP) is 5.15. The molecule has 1 heterocycles. The van der Waals surface area contributed by atoms with Gasteiger partial charge in [-0.25, -0.2) is 14.2 Å². The lowest BCUT2D eigenvalue weighted by atomic mass is 10.2. The lowest BCUT2D eigenvalue weighted by Crippen LogP contribution is -2.40. The van der Waals surface area contributed by atoms with Gasteiger partial charge < -0.3 is 15.0 Å².